The summed E-state index contributed by atoms with van der Waals surface area (Å²) in [5.74, 6) is -0.0712. The fraction of sp³-hybridized carbons (Fsp3) is 0.400. The van der Waals surface area contributed by atoms with E-state index in [1.807, 2.05) is 0 Å². The molecule has 0 aliphatic carbocycles. The Morgan fingerprint density at radius 2 is 1.68 bits per heavy atom. The molecular formula is C20H24N2O8S. The highest BCUT2D eigenvalue weighted by atomic mass is 32.2. The van der Waals surface area contributed by atoms with E-state index in [0.29, 0.717) is 22.8 Å². The predicted molar refractivity (Wildman–Crippen MR) is 113 cm³/mol. The third kappa shape index (κ3) is 6.14. The fourth-order valence-corrected chi connectivity index (χ4v) is 3.61. The number of amides is 3. The quantitative estimate of drug-likeness (QED) is 0.418. The monoisotopic (exact) mass is 452 g/mol. The zero-order valence-corrected chi connectivity index (χ0v) is 18.5. The number of nitrogens with zero attached hydrogens (tertiary/aromatic N) is 1. The Labute approximate surface area is 183 Å². The molecule has 1 aliphatic rings. The molecule has 1 fully saturated rings. The number of carbonyl (C=O) groups excluding carboxylic acids is 4. The second kappa shape index (κ2) is 11.3. The second-order valence-corrected chi connectivity index (χ2v) is 7.21. The molecule has 2 rings (SSSR count). The van der Waals surface area contributed by atoms with Crippen molar-refractivity contribution in [3.63, 3.8) is 0 Å². The molecule has 31 heavy (non-hydrogen) atoms. The first-order valence-electron chi connectivity index (χ1n) is 9.23. The molecule has 1 saturated heterocycles. The summed E-state index contributed by atoms with van der Waals surface area (Å²) in [6.45, 7) is 0.0940. The lowest BCUT2D eigenvalue weighted by atomic mass is 10.1. The second-order valence-electron chi connectivity index (χ2n) is 6.22. The molecule has 1 heterocycles. The van der Waals surface area contributed by atoms with Gasteiger partial charge in [0.1, 0.15) is 0 Å². The Morgan fingerprint density at radius 3 is 2.23 bits per heavy atom. The van der Waals surface area contributed by atoms with Crippen molar-refractivity contribution in [2.45, 2.75) is 12.8 Å². The van der Waals surface area contributed by atoms with Gasteiger partial charge in [-0.15, -0.1) is 0 Å². The smallest absolute Gasteiger partial charge is 0.306 e. The number of ether oxygens (including phenoxy) is 4. The first-order valence-corrected chi connectivity index (χ1v) is 10.0. The minimum absolute atomic E-state index is 0.0151. The normalized spacial score (nSPS) is 14.6. The fourth-order valence-electron chi connectivity index (χ4n) is 2.74. The van der Waals surface area contributed by atoms with Gasteiger partial charge in [-0.25, -0.2) is 0 Å². The number of imide groups is 1. The van der Waals surface area contributed by atoms with E-state index in [2.05, 4.69) is 10.1 Å². The highest BCUT2D eigenvalue weighted by Crippen LogP contribution is 2.40. The Hall–Kier alpha value is -3.21. The summed E-state index contributed by atoms with van der Waals surface area (Å²) in [5, 5.41) is 2.13. The van der Waals surface area contributed by atoms with Crippen LogP contribution in [0.4, 0.5) is 4.79 Å². The van der Waals surface area contributed by atoms with Crippen molar-refractivity contribution in [1.82, 2.24) is 10.2 Å². The SMILES string of the molecule is COC(=O)CCC(=O)NCCN1C(=O)S/C(=C\c2cc(OC)c(OC)c(OC)c2)C1=O. The maximum absolute atomic E-state index is 12.6. The Balaban J connectivity index is 2.04. The molecule has 0 radical (unpaired) electrons. The average molecular weight is 452 g/mol. The van der Waals surface area contributed by atoms with Crippen LogP contribution in [0.3, 0.4) is 0 Å². The van der Waals surface area contributed by atoms with E-state index in [-0.39, 0.29) is 36.7 Å². The van der Waals surface area contributed by atoms with Crippen molar-refractivity contribution in [2.75, 3.05) is 41.5 Å². The van der Waals surface area contributed by atoms with Crippen LogP contribution in [-0.2, 0) is 19.1 Å². The third-order valence-corrected chi connectivity index (χ3v) is 5.21. The molecule has 0 atom stereocenters. The average Bonchev–Trinajstić information content (AvgIpc) is 3.03. The molecule has 0 aromatic heterocycles. The number of nitrogens with one attached hydrogen (secondary N) is 1. The van der Waals surface area contributed by atoms with Crippen molar-refractivity contribution in [3.05, 3.63) is 22.6 Å². The van der Waals surface area contributed by atoms with Crippen molar-refractivity contribution < 1.29 is 38.1 Å². The number of carbonyl (C=O) groups is 4. The van der Waals surface area contributed by atoms with Crippen LogP contribution in [0.2, 0.25) is 0 Å². The topological polar surface area (TPSA) is 120 Å². The van der Waals surface area contributed by atoms with Gasteiger partial charge < -0.3 is 24.3 Å². The molecule has 0 spiro atoms. The zero-order chi connectivity index (χ0) is 23.0. The number of esters is 1. The molecule has 168 valence electrons. The van der Waals surface area contributed by atoms with Gasteiger partial charge >= 0.3 is 5.97 Å². The Kier molecular flexibility index (Phi) is 8.74. The highest BCUT2D eigenvalue weighted by molar-refractivity contribution is 8.18. The summed E-state index contributed by atoms with van der Waals surface area (Å²) in [6, 6.07) is 3.33. The van der Waals surface area contributed by atoms with E-state index in [1.165, 1.54) is 28.4 Å². The van der Waals surface area contributed by atoms with E-state index < -0.39 is 17.1 Å². The Bertz CT molecular complexity index is 874. The summed E-state index contributed by atoms with van der Waals surface area (Å²) in [6.07, 6.45) is 1.49. The third-order valence-electron chi connectivity index (χ3n) is 4.30. The lowest BCUT2D eigenvalue weighted by Crippen LogP contribution is -2.37. The molecule has 1 aromatic rings. The van der Waals surface area contributed by atoms with Crippen molar-refractivity contribution in [1.29, 1.82) is 0 Å². The summed E-state index contributed by atoms with van der Waals surface area (Å²) in [4.78, 5) is 48.9. The Morgan fingerprint density at radius 1 is 1.03 bits per heavy atom. The molecule has 3 amide bonds. The van der Waals surface area contributed by atoms with Crippen LogP contribution in [0.1, 0.15) is 18.4 Å². The van der Waals surface area contributed by atoms with Gasteiger partial charge in [0.25, 0.3) is 11.1 Å². The molecule has 0 unspecified atom stereocenters. The molecule has 0 bridgehead atoms. The number of hydrogen-bond acceptors (Lipinski definition) is 9. The van der Waals surface area contributed by atoms with Gasteiger partial charge in [0.05, 0.1) is 39.8 Å². The van der Waals surface area contributed by atoms with Crippen molar-refractivity contribution in [3.8, 4) is 17.2 Å². The largest absolute Gasteiger partial charge is 0.493 e. The molecule has 11 heteroatoms. The van der Waals surface area contributed by atoms with Crippen LogP contribution in [0.25, 0.3) is 6.08 Å². The zero-order valence-electron chi connectivity index (χ0n) is 17.7. The van der Waals surface area contributed by atoms with Crippen LogP contribution in [0.5, 0.6) is 17.2 Å². The van der Waals surface area contributed by atoms with Crippen LogP contribution in [0.15, 0.2) is 17.0 Å². The van der Waals surface area contributed by atoms with Gasteiger partial charge in [-0.1, -0.05) is 0 Å². The van der Waals surface area contributed by atoms with Gasteiger partial charge in [0.15, 0.2) is 11.5 Å². The molecule has 1 N–H and O–H groups in total. The summed E-state index contributed by atoms with van der Waals surface area (Å²) < 4.78 is 20.3. The standard InChI is InChI=1S/C20H24N2O8S/c1-27-13-9-12(10-14(28-2)18(13)30-4)11-15-19(25)22(20(26)31-15)8-7-21-16(23)5-6-17(24)29-3/h9-11H,5-8H2,1-4H3,(H,21,23)/b15-11-. The molecule has 0 saturated carbocycles. The van der Waals surface area contributed by atoms with Gasteiger partial charge in [0.2, 0.25) is 11.7 Å². The maximum atomic E-state index is 12.6. The van der Waals surface area contributed by atoms with E-state index in [1.54, 1.807) is 18.2 Å². The van der Waals surface area contributed by atoms with Crippen LogP contribution in [0, 0.1) is 0 Å². The van der Waals surface area contributed by atoms with Crippen LogP contribution >= 0.6 is 11.8 Å². The van der Waals surface area contributed by atoms with Crippen LogP contribution < -0.4 is 19.5 Å². The lowest BCUT2D eigenvalue weighted by Gasteiger charge is -2.13. The lowest BCUT2D eigenvalue weighted by molar-refractivity contribution is -0.142. The number of hydrogen-bond donors (Lipinski definition) is 1. The van der Waals surface area contributed by atoms with E-state index >= 15 is 0 Å². The number of rotatable bonds is 10. The number of thioether (sulfide) groups is 1. The van der Waals surface area contributed by atoms with Crippen molar-refractivity contribution in [2.24, 2.45) is 0 Å². The van der Waals surface area contributed by atoms with Gasteiger partial charge in [-0.2, -0.15) is 0 Å². The van der Waals surface area contributed by atoms with Crippen LogP contribution in [-0.4, -0.2) is 69.5 Å². The van der Waals surface area contributed by atoms with Gasteiger partial charge in [0, 0.05) is 19.5 Å². The van der Waals surface area contributed by atoms with Gasteiger partial charge in [-0.05, 0) is 35.5 Å². The number of benzene rings is 1. The molecule has 1 aliphatic heterocycles. The number of methoxy groups -OCH3 is 4. The maximum Gasteiger partial charge on any atom is 0.306 e. The molecule has 10 nitrogen and oxygen atoms in total. The first-order chi connectivity index (χ1) is 14.8. The minimum Gasteiger partial charge on any atom is -0.493 e. The van der Waals surface area contributed by atoms with Gasteiger partial charge in [-0.3, -0.25) is 24.1 Å². The molecule has 1 aromatic carbocycles. The van der Waals surface area contributed by atoms with E-state index in [4.69, 9.17) is 14.2 Å². The first kappa shape index (κ1) is 24.1. The highest BCUT2D eigenvalue weighted by Gasteiger charge is 2.34. The molecular weight excluding hydrogens is 428 g/mol. The van der Waals surface area contributed by atoms with E-state index in [0.717, 1.165) is 16.7 Å². The predicted octanol–water partition coefficient (Wildman–Crippen LogP) is 1.82. The summed E-state index contributed by atoms with van der Waals surface area (Å²) in [5.41, 5.74) is 0.594. The van der Waals surface area contributed by atoms with Crippen molar-refractivity contribution >= 4 is 40.9 Å². The summed E-state index contributed by atoms with van der Waals surface area (Å²) in [7, 11) is 5.69. The minimum atomic E-state index is -0.488. The van der Waals surface area contributed by atoms with E-state index in [9.17, 15) is 19.2 Å². The summed E-state index contributed by atoms with van der Waals surface area (Å²) >= 11 is 0.801.